The van der Waals surface area contributed by atoms with Crippen molar-refractivity contribution in [3.8, 4) is 11.4 Å². The first kappa shape index (κ1) is 24.4. The number of benzene rings is 1. The Morgan fingerprint density at radius 3 is 2.66 bits per heavy atom. The van der Waals surface area contributed by atoms with E-state index in [1.807, 2.05) is 35.2 Å². The van der Waals surface area contributed by atoms with Gasteiger partial charge in [-0.3, -0.25) is 9.88 Å². The molecule has 6 rings (SSSR count). The Morgan fingerprint density at radius 1 is 1.00 bits per heavy atom. The van der Waals surface area contributed by atoms with Gasteiger partial charge in [-0.05, 0) is 69.2 Å². The van der Waals surface area contributed by atoms with E-state index in [1.54, 1.807) is 12.4 Å². The largest absolute Gasteiger partial charge is 0.357 e. The van der Waals surface area contributed by atoms with Crippen LogP contribution >= 0.6 is 0 Å². The summed E-state index contributed by atoms with van der Waals surface area (Å²) in [5.41, 5.74) is 4.79. The average Bonchev–Trinajstić information content (AvgIpc) is 3.63. The van der Waals surface area contributed by atoms with Gasteiger partial charge in [0, 0.05) is 79.5 Å². The number of nitrogens with zero attached hydrogens (tertiary/aromatic N) is 6. The van der Waals surface area contributed by atoms with Crippen molar-refractivity contribution in [2.24, 2.45) is 0 Å². The predicted molar refractivity (Wildman–Crippen MR) is 149 cm³/mol. The molecule has 2 amide bonds. The molecule has 38 heavy (non-hydrogen) atoms. The van der Waals surface area contributed by atoms with Crippen molar-refractivity contribution >= 4 is 28.6 Å². The molecule has 0 spiro atoms. The Labute approximate surface area is 222 Å². The van der Waals surface area contributed by atoms with Crippen molar-refractivity contribution in [3.63, 3.8) is 0 Å². The fourth-order valence-corrected chi connectivity index (χ4v) is 5.57. The fraction of sp³-hybridized carbons (Fsp3) is 0.379. The second-order valence-electron chi connectivity index (χ2n) is 10.3. The summed E-state index contributed by atoms with van der Waals surface area (Å²) in [7, 11) is 0. The van der Waals surface area contributed by atoms with Crippen LogP contribution in [-0.2, 0) is 0 Å². The van der Waals surface area contributed by atoms with Gasteiger partial charge >= 0.3 is 6.03 Å². The highest BCUT2D eigenvalue weighted by atomic mass is 16.2. The molecule has 2 fully saturated rings. The summed E-state index contributed by atoms with van der Waals surface area (Å²) in [6.45, 7) is 8.72. The highest BCUT2D eigenvalue weighted by Crippen LogP contribution is 2.29. The van der Waals surface area contributed by atoms with Crippen molar-refractivity contribution in [2.45, 2.75) is 38.8 Å². The molecule has 0 bridgehead atoms. The summed E-state index contributed by atoms with van der Waals surface area (Å²) in [5.74, 6) is 0.534. The van der Waals surface area contributed by atoms with E-state index in [-0.39, 0.29) is 18.1 Å². The molecule has 2 N–H and O–H groups in total. The standard InChI is InChI=1S/C29H34N8O/c1-20-19-36(15-16-37(20)29(38)35-13-5-6-14-35)21(2)27-18-22-17-23(8-9-24(22)33-27)32-28-31-12-10-26(34-28)25-7-3-4-11-30-25/h3-4,7-12,17-18,20-21,33H,5-6,13-16,19H2,1-2H3,(H,31,32,34). The predicted octanol–water partition coefficient (Wildman–Crippen LogP) is 5.05. The van der Waals surface area contributed by atoms with E-state index >= 15 is 0 Å². The number of amides is 2. The molecule has 196 valence electrons. The van der Waals surface area contributed by atoms with Gasteiger partial charge in [0.2, 0.25) is 5.95 Å². The molecule has 2 atom stereocenters. The zero-order chi connectivity index (χ0) is 26.1. The first-order valence-corrected chi connectivity index (χ1v) is 13.5. The highest BCUT2D eigenvalue weighted by molar-refractivity contribution is 5.85. The van der Waals surface area contributed by atoms with Crippen LogP contribution < -0.4 is 5.32 Å². The van der Waals surface area contributed by atoms with Gasteiger partial charge in [-0.15, -0.1) is 0 Å². The van der Waals surface area contributed by atoms with Gasteiger partial charge < -0.3 is 20.1 Å². The topological polar surface area (TPSA) is 93.3 Å². The second kappa shape index (κ2) is 10.4. The number of carbonyl (C=O) groups is 1. The van der Waals surface area contributed by atoms with Crippen LogP contribution in [0, 0.1) is 0 Å². The molecular formula is C29H34N8O. The molecule has 2 aliphatic rings. The number of fused-ring (bicyclic) bond motifs is 1. The van der Waals surface area contributed by atoms with Crippen LogP contribution in [-0.4, -0.2) is 79.4 Å². The maximum atomic E-state index is 12.9. The first-order valence-electron chi connectivity index (χ1n) is 13.5. The number of piperazine rings is 1. The summed E-state index contributed by atoms with van der Waals surface area (Å²) in [6.07, 6.45) is 5.75. The average molecular weight is 511 g/mol. The lowest BCUT2D eigenvalue weighted by atomic mass is 10.1. The maximum absolute atomic E-state index is 12.9. The van der Waals surface area contributed by atoms with E-state index < -0.39 is 0 Å². The van der Waals surface area contributed by atoms with Crippen molar-refractivity contribution in [2.75, 3.05) is 38.0 Å². The zero-order valence-electron chi connectivity index (χ0n) is 22.0. The lowest BCUT2D eigenvalue weighted by molar-refractivity contribution is 0.0652. The number of aromatic amines is 1. The number of rotatable bonds is 5. The van der Waals surface area contributed by atoms with Crippen molar-refractivity contribution in [1.82, 2.24) is 34.6 Å². The van der Waals surface area contributed by atoms with Gasteiger partial charge in [-0.1, -0.05) is 6.07 Å². The van der Waals surface area contributed by atoms with Crippen LogP contribution in [0.2, 0.25) is 0 Å². The number of hydrogen-bond donors (Lipinski definition) is 2. The minimum atomic E-state index is 0.196. The van der Waals surface area contributed by atoms with Crippen LogP contribution in [0.1, 0.15) is 38.4 Å². The number of urea groups is 1. The monoisotopic (exact) mass is 510 g/mol. The third kappa shape index (κ3) is 4.93. The summed E-state index contributed by atoms with van der Waals surface area (Å²) in [5, 5.41) is 4.47. The maximum Gasteiger partial charge on any atom is 0.320 e. The van der Waals surface area contributed by atoms with E-state index in [4.69, 9.17) is 0 Å². The number of H-pyrrole nitrogens is 1. The van der Waals surface area contributed by atoms with Gasteiger partial charge in [0.1, 0.15) is 0 Å². The summed E-state index contributed by atoms with van der Waals surface area (Å²) in [4.78, 5) is 36.5. The third-order valence-corrected chi connectivity index (χ3v) is 7.76. The number of hydrogen-bond acceptors (Lipinski definition) is 6. The number of likely N-dealkylation sites (tertiary alicyclic amines) is 1. The summed E-state index contributed by atoms with van der Waals surface area (Å²) >= 11 is 0. The van der Waals surface area contributed by atoms with Crippen LogP contribution in [0.15, 0.2) is 60.9 Å². The molecule has 0 radical (unpaired) electrons. The number of nitrogens with one attached hydrogen (secondary N) is 2. The van der Waals surface area contributed by atoms with Gasteiger partial charge in [-0.2, -0.15) is 0 Å². The molecular weight excluding hydrogens is 476 g/mol. The Morgan fingerprint density at radius 2 is 1.87 bits per heavy atom. The van der Waals surface area contributed by atoms with Crippen LogP contribution in [0.3, 0.4) is 0 Å². The Hall–Kier alpha value is -3.98. The summed E-state index contributed by atoms with van der Waals surface area (Å²) < 4.78 is 0. The molecule has 3 aromatic heterocycles. The van der Waals surface area contributed by atoms with Crippen molar-refractivity contribution in [3.05, 3.63) is 66.6 Å². The molecule has 0 saturated carbocycles. The molecule has 2 aliphatic heterocycles. The molecule has 5 heterocycles. The number of aromatic nitrogens is 4. The lowest BCUT2D eigenvalue weighted by Gasteiger charge is -2.43. The van der Waals surface area contributed by atoms with Crippen LogP contribution in [0.25, 0.3) is 22.3 Å². The zero-order valence-corrected chi connectivity index (χ0v) is 22.0. The van der Waals surface area contributed by atoms with E-state index in [0.29, 0.717) is 5.95 Å². The molecule has 2 saturated heterocycles. The van der Waals surface area contributed by atoms with E-state index in [9.17, 15) is 4.79 Å². The van der Waals surface area contributed by atoms with Crippen molar-refractivity contribution < 1.29 is 4.79 Å². The van der Waals surface area contributed by atoms with E-state index in [0.717, 1.165) is 73.5 Å². The molecule has 2 unspecified atom stereocenters. The fourth-order valence-electron chi connectivity index (χ4n) is 5.57. The Bertz CT molecular complexity index is 1410. The first-order chi connectivity index (χ1) is 18.5. The van der Waals surface area contributed by atoms with Gasteiger partial charge in [-0.25, -0.2) is 14.8 Å². The minimum absolute atomic E-state index is 0.196. The third-order valence-electron chi connectivity index (χ3n) is 7.76. The highest BCUT2D eigenvalue weighted by Gasteiger charge is 2.33. The Kier molecular flexibility index (Phi) is 6.68. The molecule has 9 nitrogen and oxygen atoms in total. The minimum Gasteiger partial charge on any atom is -0.357 e. The van der Waals surface area contributed by atoms with E-state index in [1.165, 1.54) is 5.69 Å². The van der Waals surface area contributed by atoms with Gasteiger partial charge in [0.15, 0.2) is 0 Å². The number of carbonyl (C=O) groups excluding carboxylic acids is 1. The summed E-state index contributed by atoms with van der Waals surface area (Å²) in [6, 6.07) is 16.7. The SMILES string of the molecule is CC(c1cc2cc(Nc3nccc(-c4ccccn4)n3)ccc2[nH]1)N1CCN(C(=O)N2CCCC2)C(C)C1. The molecule has 9 heteroatoms. The second-order valence-corrected chi connectivity index (χ2v) is 10.3. The molecule has 1 aromatic carbocycles. The van der Waals surface area contributed by atoms with Gasteiger partial charge in [0.25, 0.3) is 0 Å². The molecule has 0 aliphatic carbocycles. The Balaban J connectivity index is 1.13. The quantitative estimate of drug-likeness (QED) is 0.390. The van der Waals surface area contributed by atoms with Gasteiger partial charge in [0.05, 0.1) is 11.4 Å². The van der Waals surface area contributed by atoms with Crippen LogP contribution in [0.5, 0.6) is 0 Å². The number of pyridine rings is 1. The normalized spacial score (nSPS) is 19.2. The molecule has 4 aromatic rings. The van der Waals surface area contributed by atoms with Crippen LogP contribution in [0.4, 0.5) is 16.4 Å². The van der Waals surface area contributed by atoms with E-state index in [2.05, 4.69) is 67.1 Å². The van der Waals surface area contributed by atoms with Crippen molar-refractivity contribution in [1.29, 1.82) is 0 Å². The number of anilines is 2. The smallest absolute Gasteiger partial charge is 0.320 e. The lowest BCUT2D eigenvalue weighted by Crippen LogP contribution is -2.57.